The summed E-state index contributed by atoms with van der Waals surface area (Å²) in [7, 11) is 0. The van der Waals surface area contributed by atoms with Crippen LogP contribution in [0.4, 0.5) is 0 Å². The zero-order chi connectivity index (χ0) is 43.0. The largest absolute Gasteiger partial charge is 0.309 e. The Labute approximate surface area is 376 Å². The Kier molecular flexibility index (Phi) is 7.10. The molecule has 0 saturated heterocycles. The van der Waals surface area contributed by atoms with E-state index in [2.05, 4.69) is 230 Å². The van der Waals surface area contributed by atoms with Crippen molar-refractivity contribution in [2.24, 2.45) is 0 Å². The van der Waals surface area contributed by atoms with Crippen LogP contribution in [0.1, 0.15) is 0 Å². The molecule has 6 aromatic heterocycles. The van der Waals surface area contributed by atoms with Crippen LogP contribution >= 0.6 is 0 Å². The second kappa shape index (κ2) is 13.2. The van der Waals surface area contributed by atoms with Crippen LogP contribution in [0.3, 0.4) is 0 Å². The Morgan fingerprint density at radius 2 is 0.697 bits per heavy atom. The van der Waals surface area contributed by atoms with Gasteiger partial charge in [0, 0.05) is 60.0 Å². The molecule has 0 fully saturated rings. The topological polar surface area (TPSA) is 57.9 Å². The predicted molar refractivity (Wildman–Crippen MR) is 272 cm³/mol. The fourth-order valence-electron chi connectivity index (χ4n) is 11.0. The monoisotopic (exact) mass is 841 g/mol. The van der Waals surface area contributed by atoms with Gasteiger partial charge in [-0.2, -0.15) is 0 Å². The summed E-state index contributed by atoms with van der Waals surface area (Å²) in [5, 5.41) is 10.4. The highest BCUT2D eigenvalue weighted by atomic mass is 15.2. The molecule has 0 saturated carbocycles. The van der Waals surface area contributed by atoms with Crippen molar-refractivity contribution in [1.29, 1.82) is 0 Å². The van der Waals surface area contributed by atoms with Crippen LogP contribution in [0.25, 0.3) is 132 Å². The summed E-state index contributed by atoms with van der Waals surface area (Å²) < 4.78 is 9.32. The van der Waals surface area contributed by atoms with E-state index < -0.39 is 0 Å². The second-order valence-corrected chi connectivity index (χ2v) is 17.2. The van der Waals surface area contributed by atoms with E-state index in [9.17, 15) is 0 Å². The molecule has 0 atom stereocenters. The van der Waals surface area contributed by atoms with Gasteiger partial charge in [-0.1, -0.05) is 152 Å². The molecular formula is C59H35N7. The fourth-order valence-corrected chi connectivity index (χ4v) is 11.0. The van der Waals surface area contributed by atoms with Crippen molar-refractivity contribution in [2.45, 2.75) is 0 Å². The van der Waals surface area contributed by atoms with Gasteiger partial charge in [-0.05, 0) is 66.0 Å². The van der Waals surface area contributed by atoms with E-state index in [1.165, 1.54) is 32.3 Å². The van der Waals surface area contributed by atoms with Gasteiger partial charge in [-0.25, -0.2) is 15.0 Å². The number of hydrogen-bond acceptors (Lipinski definition) is 3. The summed E-state index contributed by atoms with van der Waals surface area (Å²) in [5.41, 5.74) is 14.2. The molecule has 0 bridgehead atoms. The number of aromatic nitrogens is 7. The minimum absolute atomic E-state index is 0.563. The molecule has 15 aromatic rings. The van der Waals surface area contributed by atoms with E-state index >= 15 is 0 Å². The lowest BCUT2D eigenvalue weighted by Gasteiger charge is -2.17. The zero-order valence-electron chi connectivity index (χ0n) is 35.3. The highest BCUT2D eigenvalue weighted by Crippen LogP contribution is 2.41. The number of pyridine rings is 1. The van der Waals surface area contributed by atoms with Crippen molar-refractivity contribution in [1.82, 2.24) is 33.1 Å². The molecule has 0 radical (unpaired) electrons. The number of fused-ring (bicyclic) bond motifs is 17. The molecule has 0 unspecified atom stereocenters. The van der Waals surface area contributed by atoms with Crippen molar-refractivity contribution >= 4 is 104 Å². The van der Waals surface area contributed by atoms with E-state index in [0.717, 1.165) is 94.2 Å². The third kappa shape index (κ3) is 4.77. The highest BCUT2D eigenvalue weighted by Gasteiger charge is 2.25. The lowest BCUT2D eigenvalue weighted by Crippen LogP contribution is -2.05. The van der Waals surface area contributed by atoms with Crippen molar-refractivity contribution in [3.63, 3.8) is 0 Å². The van der Waals surface area contributed by atoms with Gasteiger partial charge in [-0.3, -0.25) is 8.97 Å². The van der Waals surface area contributed by atoms with Gasteiger partial charge in [0.25, 0.3) is 0 Å². The quantitative estimate of drug-likeness (QED) is 0.166. The number of nitrogens with zero attached hydrogens (tertiary/aromatic N) is 7. The number of para-hydroxylation sites is 7. The first-order valence-electron chi connectivity index (χ1n) is 22.4. The smallest absolute Gasteiger partial charge is 0.237 e. The Bertz CT molecular complexity index is 4300. The molecule has 0 N–H and O–H groups in total. The molecule has 66 heavy (non-hydrogen) atoms. The van der Waals surface area contributed by atoms with Crippen molar-refractivity contribution in [2.75, 3.05) is 0 Å². The zero-order valence-corrected chi connectivity index (χ0v) is 35.3. The maximum absolute atomic E-state index is 5.69. The van der Waals surface area contributed by atoms with Gasteiger partial charge in [0.05, 0.1) is 44.3 Å². The van der Waals surface area contributed by atoms with Crippen LogP contribution in [0, 0.1) is 0 Å². The predicted octanol–water partition coefficient (Wildman–Crippen LogP) is 14.5. The maximum atomic E-state index is 5.69. The Balaban J connectivity index is 1.07. The van der Waals surface area contributed by atoms with E-state index in [0.29, 0.717) is 5.95 Å². The van der Waals surface area contributed by atoms with Crippen LogP contribution in [-0.2, 0) is 0 Å². The van der Waals surface area contributed by atoms with Crippen molar-refractivity contribution < 1.29 is 0 Å². The molecule has 9 aromatic carbocycles. The van der Waals surface area contributed by atoms with Gasteiger partial charge >= 0.3 is 0 Å². The third-order valence-corrected chi connectivity index (χ3v) is 13.7. The van der Waals surface area contributed by atoms with E-state index in [-0.39, 0.29) is 0 Å². The summed E-state index contributed by atoms with van der Waals surface area (Å²) in [5.74, 6) is 0.563. The molecule has 6 heterocycles. The first-order valence-corrected chi connectivity index (χ1v) is 22.4. The molecular weight excluding hydrogens is 807 g/mol. The van der Waals surface area contributed by atoms with Gasteiger partial charge in [0.2, 0.25) is 5.95 Å². The van der Waals surface area contributed by atoms with Gasteiger partial charge < -0.3 is 9.13 Å². The van der Waals surface area contributed by atoms with Crippen LogP contribution < -0.4 is 0 Å². The molecule has 0 aliphatic rings. The maximum Gasteiger partial charge on any atom is 0.237 e. The molecule has 0 amide bonds. The molecule has 0 aliphatic carbocycles. The van der Waals surface area contributed by atoms with Crippen molar-refractivity contribution in [3.8, 4) is 28.6 Å². The molecule has 0 spiro atoms. The molecule has 306 valence electrons. The van der Waals surface area contributed by atoms with E-state index in [4.69, 9.17) is 15.0 Å². The van der Waals surface area contributed by atoms with Crippen molar-refractivity contribution in [3.05, 3.63) is 212 Å². The van der Waals surface area contributed by atoms with Gasteiger partial charge in [-0.15, -0.1) is 0 Å². The Morgan fingerprint density at radius 1 is 0.288 bits per heavy atom. The number of rotatable bonds is 4. The van der Waals surface area contributed by atoms with Gasteiger partial charge in [0.1, 0.15) is 11.2 Å². The SMILES string of the molecule is c1ccc2c(-c3cc(-n4c5ccccc5c5ccccc54)cc(-n4c5ccccc5c5ccccc54)c3)nc(-n3c4ccccc4c4c3nc3c5ccccc5c5ccccc5n34)nc2c1. The van der Waals surface area contributed by atoms with E-state index in [1.54, 1.807) is 0 Å². The van der Waals surface area contributed by atoms with Crippen LogP contribution in [0.15, 0.2) is 212 Å². The average Bonchev–Trinajstić information content (AvgIpc) is 4.12. The van der Waals surface area contributed by atoms with Gasteiger partial charge in [0.15, 0.2) is 5.65 Å². The minimum Gasteiger partial charge on any atom is -0.309 e. The summed E-state index contributed by atoms with van der Waals surface area (Å²) in [6.45, 7) is 0. The Morgan fingerprint density at radius 3 is 1.24 bits per heavy atom. The standard InChI is InChI=1S/C59H35N7/c1-2-23-45-39(17-1)40-18-4-15-31-53(40)65-56-47-25-9-16-32-54(47)66(58(56)62-57(45)65)59-60-48-26-10-3-24-46(48)55(61-59)36-33-37(63-49-27-11-5-19-41(49)42-20-6-12-28-50(42)63)35-38(34-36)64-51-29-13-7-21-43(51)44-22-8-14-30-52(44)64/h1-35H. The fraction of sp³-hybridized carbons (Fsp3) is 0. The first kappa shape index (κ1) is 35.4. The molecule has 7 nitrogen and oxygen atoms in total. The minimum atomic E-state index is 0.563. The summed E-state index contributed by atoms with van der Waals surface area (Å²) in [4.78, 5) is 16.6. The first-order chi connectivity index (χ1) is 32.8. The lowest BCUT2D eigenvalue weighted by atomic mass is 10.0. The number of benzene rings is 9. The van der Waals surface area contributed by atoms with Crippen LogP contribution in [0.5, 0.6) is 0 Å². The second-order valence-electron chi connectivity index (χ2n) is 17.2. The van der Waals surface area contributed by atoms with Crippen LogP contribution in [0.2, 0.25) is 0 Å². The summed E-state index contributed by atoms with van der Waals surface area (Å²) >= 11 is 0. The molecule has 7 heteroatoms. The number of hydrogen-bond donors (Lipinski definition) is 0. The van der Waals surface area contributed by atoms with E-state index in [1.807, 2.05) is 0 Å². The summed E-state index contributed by atoms with van der Waals surface area (Å²) in [6.07, 6.45) is 0. The summed E-state index contributed by atoms with van der Waals surface area (Å²) in [6, 6.07) is 76.0. The average molecular weight is 842 g/mol. The normalized spacial score (nSPS) is 12.2. The number of imidazole rings is 1. The highest BCUT2D eigenvalue weighted by molar-refractivity contribution is 6.17. The molecule has 0 aliphatic heterocycles. The molecule has 15 rings (SSSR count). The lowest BCUT2D eigenvalue weighted by molar-refractivity contribution is 1.00. The Hall–Kier alpha value is -9.07. The van der Waals surface area contributed by atoms with Crippen LogP contribution in [-0.4, -0.2) is 33.1 Å². The third-order valence-electron chi connectivity index (χ3n) is 13.7.